The fourth-order valence-corrected chi connectivity index (χ4v) is 2.47. The van der Waals surface area contributed by atoms with Crippen molar-refractivity contribution in [2.24, 2.45) is 0 Å². The van der Waals surface area contributed by atoms with Gasteiger partial charge in [-0.25, -0.2) is 4.79 Å². The molecule has 0 aromatic heterocycles. The van der Waals surface area contributed by atoms with Gasteiger partial charge in [-0.15, -0.1) is 0 Å². The summed E-state index contributed by atoms with van der Waals surface area (Å²) in [7, 11) is 0. The number of carbonyl (C=O) groups is 1. The fraction of sp³-hybridized carbons (Fsp3) is 0.917. The minimum Gasteiger partial charge on any atom is -0.444 e. The molecule has 0 bridgehead atoms. The zero-order valence-corrected chi connectivity index (χ0v) is 10.8. The van der Waals surface area contributed by atoms with Crippen LogP contribution in [0.5, 0.6) is 0 Å². The second kappa shape index (κ2) is 4.46. The maximum atomic E-state index is 11.9. The normalized spacial score (nSPS) is 30.2. The number of aliphatic hydroxyl groups is 1. The molecule has 2 rings (SSSR count). The molecule has 2 heterocycles. The van der Waals surface area contributed by atoms with Crippen LogP contribution in [-0.4, -0.2) is 64.9 Å². The zero-order valence-electron chi connectivity index (χ0n) is 10.8. The summed E-state index contributed by atoms with van der Waals surface area (Å²) in [6.45, 7) is 8.64. The van der Waals surface area contributed by atoms with E-state index >= 15 is 0 Å². The van der Waals surface area contributed by atoms with Crippen LogP contribution >= 0.6 is 0 Å². The number of nitrogens with zero attached hydrogens (tertiary/aromatic N) is 2. The molecule has 0 saturated carbocycles. The molecule has 2 aliphatic heterocycles. The molecule has 1 amide bonds. The number of piperazine rings is 1. The van der Waals surface area contributed by atoms with Crippen molar-refractivity contribution in [2.75, 3.05) is 26.2 Å². The van der Waals surface area contributed by atoms with Gasteiger partial charge in [0.25, 0.3) is 0 Å². The van der Waals surface area contributed by atoms with Crippen molar-refractivity contribution < 1.29 is 14.6 Å². The van der Waals surface area contributed by atoms with Gasteiger partial charge in [-0.2, -0.15) is 0 Å². The van der Waals surface area contributed by atoms with Crippen molar-refractivity contribution in [3.63, 3.8) is 0 Å². The summed E-state index contributed by atoms with van der Waals surface area (Å²) in [5, 5.41) is 9.84. The summed E-state index contributed by atoms with van der Waals surface area (Å²) in [6.07, 6.45) is 0.240. The van der Waals surface area contributed by atoms with Gasteiger partial charge in [0.05, 0.1) is 12.1 Å². The molecule has 5 nitrogen and oxygen atoms in total. The van der Waals surface area contributed by atoms with Crippen LogP contribution in [0.15, 0.2) is 0 Å². The standard InChI is InChI=1S/C12H22N2O3/c1-12(2,3)17-11(16)14-7-6-13-5-4-10(15)9(13)8-14/h9-10,15H,4-8H2,1-3H3/t9-,10-/m1/s1. The van der Waals surface area contributed by atoms with E-state index in [2.05, 4.69) is 4.90 Å². The van der Waals surface area contributed by atoms with E-state index in [4.69, 9.17) is 4.74 Å². The van der Waals surface area contributed by atoms with Gasteiger partial charge in [-0.1, -0.05) is 0 Å². The highest BCUT2D eigenvalue weighted by Gasteiger charge is 2.39. The lowest BCUT2D eigenvalue weighted by Crippen LogP contribution is -2.55. The van der Waals surface area contributed by atoms with E-state index in [1.54, 1.807) is 4.90 Å². The van der Waals surface area contributed by atoms with Crippen LogP contribution in [-0.2, 0) is 4.74 Å². The Kier molecular flexibility index (Phi) is 3.32. The number of ether oxygens (including phenoxy) is 1. The second-order valence-electron chi connectivity index (χ2n) is 5.89. The molecule has 0 unspecified atom stereocenters. The van der Waals surface area contributed by atoms with E-state index in [9.17, 15) is 9.90 Å². The Bertz CT molecular complexity index is 301. The highest BCUT2D eigenvalue weighted by molar-refractivity contribution is 5.68. The predicted molar refractivity (Wildman–Crippen MR) is 63.8 cm³/mol. The largest absolute Gasteiger partial charge is 0.444 e. The first-order valence-corrected chi connectivity index (χ1v) is 6.27. The highest BCUT2D eigenvalue weighted by Crippen LogP contribution is 2.23. The van der Waals surface area contributed by atoms with Gasteiger partial charge in [0.2, 0.25) is 0 Å². The van der Waals surface area contributed by atoms with Crippen molar-refractivity contribution in [2.45, 2.75) is 44.9 Å². The quantitative estimate of drug-likeness (QED) is 0.678. The first-order chi connectivity index (χ1) is 7.87. The van der Waals surface area contributed by atoms with E-state index in [0.717, 1.165) is 19.5 Å². The third-order valence-corrected chi connectivity index (χ3v) is 3.34. The molecule has 0 aliphatic carbocycles. The van der Waals surface area contributed by atoms with Gasteiger partial charge < -0.3 is 14.7 Å². The number of hydrogen-bond acceptors (Lipinski definition) is 4. The van der Waals surface area contributed by atoms with Crippen LogP contribution in [0.25, 0.3) is 0 Å². The molecule has 2 saturated heterocycles. The van der Waals surface area contributed by atoms with Crippen LogP contribution in [0.3, 0.4) is 0 Å². The van der Waals surface area contributed by atoms with E-state index in [0.29, 0.717) is 13.1 Å². The zero-order chi connectivity index (χ0) is 12.6. The van der Waals surface area contributed by atoms with Crippen LogP contribution in [0.4, 0.5) is 4.79 Å². The Morgan fingerprint density at radius 2 is 2.00 bits per heavy atom. The third-order valence-electron chi connectivity index (χ3n) is 3.34. The van der Waals surface area contributed by atoms with Gasteiger partial charge in [-0.05, 0) is 27.2 Å². The summed E-state index contributed by atoms with van der Waals surface area (Å²) in [6, 6.07) is 0.0938. The Morgan fingerprint density at radius 3 is 2.65 bits per heavy atom. The average molecular weight is 242 g/mol. The first kappa shape index (κ1) is 12.6. The summed E-state index contributed by atoms with van der Waals surface area (Å²) >= 11 is 0. The second-order valence-corrected chi connectivity index (χ2v) is 5.89. The minimum absolute atomic E-state index is 0.0938. The van der Waals surface area contributed by atoms with Crippen molar-refractivity contribution in [3.05, 3.63) is 0 Å². The molecule has 0 spiro atoms. The molecule has 17 heavy (non-hydrogen) atoms. The van der Waals surface area contributed by atoms with Crippen molar-refractivity contribution in [1.82, 2.24) is 9.80 Å². The van der Waals surface area contributed by atoms with Crippen molar-refractivity contribution >= 4 is 6.09 Å². The van der Waals surface area contributed by atoms with Gasteiger partial charge >= 0.3 is 6.09 Å². The molecule has 0 aromatic rings. The maximum absolute atomic E-state index is 11.9. The Hall–Kier alpha value is -0.810. The number of fused-ring (bicyclic) bond motifs is 1. The molecular formula is C12H22N2O3. The minimum atomic E-state index is -0.456. The maximum Gasteiger partial charge on any atom is 0.410 e. The van der Waals surface area contributed by atoms with E-state index in [1.807, 2.05) is 20.8 Å². The summed E-state index contributed by atoms with van der Waals surface area (Å²) in [5.74, 6) is 0. The smallest absolute Gasteiger partial charge is 0.410 e. The Balaban J connectivity index is 1.93. The van der Waals surface area contributed by atoms with E-state index in [-0.39, 0.29) is 18.2 Å². The van der Waals surface area contributed by atoms with Gasteiger partial charge in [0.15, 0.2) is 0 Å². The monoisotopic (exact) mass is 242 g/mol. The molecule has 2 atom stereocenters. The molecule has 5 heteroatoms. The summed E-state index contributed by atoms with van der Waals surface area (Å²) < 4.78 is 5.35. The number of aliphatic hydroxyl groups excluding tert-OH is 1. The Morgan fingerprint density at radius 1 is 1.29 bits per heavy atom. The van der Waals surface area contributed by atoms with Gasteiger partial charge in [0, 0.05) is 26.2 Å². The first-order valence-electron chi connectivity index (χ1n) is 6.27. The molecule has 0 aromatic carbocycles. The fourth-order valence-electron chi connectivity index (χ4n) is 2.47. The topological polar surface area (TPSA) is 53.0 Å². The molecular weight excluding hydrogens is 220 g/mol. The summed E-state index contributed by atoms with van der Waals surface area (Å²) in [5.41, 5.74) is -0.456. The van der Waals surface area contributed by atoms with Gasteiger partial charge in [-0.3, -0.25) is 4.90 Å². The predicted octanol–water partition coefficient (Wildman–Crippen LogP) is 0.672. The van der Waals surface area contributed by atoms with Crippen molar-refractivity contribution in [1.29, 1.82) is 0 Å². The molecule has 1 N–H and O–H groups in total. The molecule has 2 aliphatic rings. The lowest BCUT2D eigenvalue weighted by atomic mass is 10.1. The van der Waals surface area contributed by atoms with Crippen LogP contribution < -0.4 is 0 Å². The number of amides is 1. The van der Waals surface area contributed by atoms with Crippen molar-refractivity contribution in [3.8, 4) is 0 Å². The summed E-state index contributed by atoms with van der Waals surface area (Å²) in [4.78, 5) is 15.9. The molecule has 0 radical (unpaired) electrons. The molecule has 2 fully saturated rings. The van der Waals surface area contributed by atoms with Crippen LogP contribution in [0.2, 0.25) is 0 Å². The SMILES string of the molecule is CC(C)(C)OC(=O)N1CCN2CC[C@@H](O)[C@H]2C1. The number of rotatable bonds is 0. The average Bonchev–Trinajstić information content (AvgIpc) is 2.57. The number of carbonyl (C=O) groups excluding carboxylic acids is 1. The van der Waals surface area contributed by atoms with E-state index < -0.39 is 5.60 Å². The molecule has 98 valence electrons. The lowest BCUT2D eigenvalue weighted by molar-refractivity contribution is -0.00128. The van der Waals surface area contributed by atoms with E-state index in [1.165, 1.54) is 0 Å². The Labute approximate surface area is 102 Å². The third kappa shape index (κ3) is 2.90. The van der Waals surface area contributed by atoms with Gasteiger partial charge in [0.1, 0.15) is 5.60 Å². The highest BCUT2D eigenvalue weighted by atomic mass is 16.6. The van der Waals surface area contributed by atoms with Crippen LogP contribution in [0.1, 0.15) is 27.2 Å². The lowest BCUT2D eigenvalue weighted by Gasteiger charge is -2.38. The van der Waals surface area contributed by atoms with Crippen LogP contribution in [0, 0.1) is 0 Å². The number of hydrogen-bond donors (Lipinski definition) is 1.